The zero-order valence-electron chi connectivity index (χ0n) is 25.5. The van der Waals surface area contributed by atoms with Gasteiger partial charge in [-0.25, -0.2) is 0 Å². The molecule has 1 aliphatic rings. The van der Waals surface area contributed by atoms with E-state index in [9.17, 15) is 30.3 Å². The van der Waals surface area contributed by atoms with Crippen LogP contribution in [0.5, 0.6) is 0 Å². The Balaban J connectivity index is 2.35. The number of carbonyl (C=O) groups excluding carboxylic acids is 1. The number of unbranched alkanes of at least 4 members (excludes halogenated alkanes) is 10. The van der Waals surface area contributed by atoms with Crippen molar-refractivity contribution in [2.75, 3.05) is 13.2 Å². The summed E-state index contributed by atoms with van der Waals surface area (Å²) in [6, 6.07) is -0.718. The van der Waals surface area contributed by atoms with Crippen LogP contribution in [0, 0.1) is 0 Å². The monoisotopic (exact) mass is 585 g/mol. The first kappa shape index (κ1) is 37.7. The summed E-state index contributed by atoms with van der Waals surface area (Å²) in [5, 5.41) is 53.2. The number of ether oxygens (including phenoxy) is 2. The van der Waals surface area contributed by atoms with Crippen molar-refractivity contribution < 1.29 is 39.8 Å². The zero-order valence-corrected chi connectivity index (χ0v) is 25.5. The van der Waals surface area contributed by atoms with Crippen molar-refractivity contribution in [3.05, 3.63) is 24.3 Å². The number of hydrogen-bond donors (Lipinski definition) is 6. The predicted molar refractivity (Wildman–Crippen MR) is 161 cm³/mol. The Morgan fingerprint density at radius 3 is 2.10 bits per heavy atom. The Labute approximate surface area is 248 Å². The van der Waals surface area contributed by atoms with Crippen LogP contribution >= 0.6 is 0 Å². The number of amides is 1. The number of allylic oxidation sites excluding steroid dienone is 4. The van der Waals surface area contributed by atoms with Gasteiger partial charge < -0.3 is 40.3 Å². The van der Waals surface area contributed by atoms with Crippen LogP contribution in [-0.2, 0) is 14.3 Å². The van der Waals surface area contributed by atoms with Crippen LogP contribution < -0.4 is 5.32 Å². The summed E-state index contributed by atoms with van der Waals surface area (Å²) >= 11 is 0. The standard InChI is InChI=1S/C32H59NO8/c1-3-5-7-8-9-10-11-12-13-14-15-16-17-18-20-22-28(36)33-25(26(35)21-19-6-4-2)24-40-32-31(39)30(38)29(37)27(23-34)41-32/h9-10,12-13,25-27,29-32,34-35,37-39H,3-8,11,14-24H2,1-2H3,(H,33,36)/b10-9-,13-12-. The number of nitrogens with one attached hydrogen (secondary N) is 1. The molecular formula is C32H59NO8. The highest BCUT2D eigenvalue weighted by atomic mass is 16.7. The molecule has 0 saturated carbocycles. The summed E-state index contributed by atoms with van der Waals surface area (Å²) < 4.78 is 11.0. The van der Waals surface area contributed by atoms with Gasteiger partial charge in [0.05, 0.1) is 25.4 Å². The van der Waals surface area contributed by atoms with Crippen molar-refractivity contribution in [2.45, 2.75) is 159 Å². The third-order valence-electron chi connectivity index (χ3n) is 7.56. The number of hydrogen-bond acceptors (Lipinski definition) is 8. The van der Waals surface area contributed by atoms with Crippen LogP contribution in [0.3, 0.4) is 0 Å². The van der Waals surface area contributed by atoms with Gasteiger partial charge in [-0.2, -0.15) is 0 Å². The van der Waals surface area contributed by atoms with Gasteiger partial charge in [0.2, 0.25) is 5.91 Å². The Kier molecular flexibility index (Phi) is 22.2. The highest BCUT2D eigenvalue weighted by Crippen LogP contribution is 2.22. The molecule has 9 heteroatoms. The quantitative estimate of drug-likeness (QED) is 0.0734. The van der Waals surface area contributed by atoms with Gasteiger partial charge in [0, 0.05) is 6.42 Å². The van der Waals surface area contributed by atoms with Crippen LogP contribution in [-0.4, -0.2) is 87.5 Å². The van der Waals surface area contributed by atoms with Crippen LogP contribution in [0.15, 0.2) is 24.3 Å². The molecule has 1 saturated heterocycles. The normalized spacial score (nSPS) is 24.7. The molecule has 1 amide bonds. The molecule has 0 spiro atoms. The summed E-state index contributed by atoms with van der Waals surface area (Å²) in [4.78, 5) is 12.7. The molecule has 0 aromatic carbocycles. The zero-order chi connectivity index (χ0) is 30.3. The average Bonchev–Trinajstić information content (AvgIpc) is 2.96. The Bertz CT molecular complexity index is 701. The molecule has 7 atom stereocenters. The Morgan fingerprint density at radius 1 is 0.829 bits per heavy atom. The first-order valence-electron chi connectivity index (χ1n) is 16.0. The maximum absolute atomic E-state index is 12.7. The van der Waals surface area contributed by atoms with Crippen LogP contribution in [0.4, 0.5) is 0 Å². The number of aliphatic hydroxyl groups is 5. The molecule has 7 unspecified atom stereocenters. The van der Waals surface area contributed by atoms with Gasteiger partial charge in [-0.3, -0.25) is 4.79 Å². The van der Waals surface area contributed by atoms with Crippen molar-refractivity contribution in [3.8, 4) is 0 Å². The molecule has 9 nitrogen and oxygen atoms in total. The Morgan fingerprint density at radius 2 is 1.44 bits per heavy atom. The molecule has 1 heterocycles. The van der Waals surface area contributed by atoms with E-state index in [1.807, 2.05) is 0 Å². The summed E-state index contributed by atoms with van der Waals surface area (Å²) in [5.41, 5.74) is 0. The minimum absolute atomic E-state index is 0.149. The molecule has 1 rings (SSSR count). The third-order valence-corrected chi connectivity index (χ3v) is 7.56. The number of carbonyl (C=O) groups is 1. The van der Waals surface area contributed by atoms with Gasteiger partial charge >= 0.3 is 0 Å². The SMILES string of the molecule is CCCCC/C=C\C/C=C\CCCCCCCC(=O)NC(COC1OC(CO)C(O)C(O)C1O)C(O)CCCCC. The fourth-order valence-corrected chi connectivity index (χ4v) is 4.83. The maximum Gasteiger partial charge on any atom is 0.220 e. The Hall–Kier alpha value is -1.33. The first-order valence-corrected chi connectivity index (χ1v) is 16.0. The summed E-state index contributed by atoms with van der Waals surface area (Å²) in [6.07, 6.45) is 17.0. The molecule has 240 valence electrons. The molecule has 6 N–H and O–H groups in total. The lowest BCUT2D eigenvalue weighted by Gasteiger charge is -2.40. The number of aliphatic hydroxyl groups excluding tert-OH is 5. The van der Waals surface area contributed by atoms with E-state index in [4.69, 9.17) is 9.47 Å². The summed E-state index contributed by atoms with van der Waals surface area (Å²) in [5.74, 6) is -0.173. The van der Waals surface area contributed by atoms with Gasteiger partial charge in [-0.1, -0.05) is 89.5 Å². The van der Waals surface area contributed by atoms with Gasteiger partial charge in [0.1, 0.15) is 24.4 Å². The summed E-state index contributed by atoms with van der Waals surface area (Å²) in [6.45, 7) is 3.58. The van der Waals surface area contributed by atoms with Crippen molar-refractivity contribution >= 4 is 5.91 Å². The van der Waals surface area contributed by atoms with E-state index in [0.29, 0.717) is 12.8 Å². The molecular weight excluding hydrogens is 526 g/mol. The van der Waals surface area contributed by atoms with Crippen LogP contribution in [0.2, 0.25) is 0 Å². The largest absolute Gasteiger partial charge is 0.394 e. The van der Waals surface area contributed by atoms with Crippen LogP contribution in [0.1, 0.15) is 117 Å². The molecule has 1 fully saturated rings. The molecule has 41 heavy (non-hydrogen) atoms. The van der Waals surface area contributed by atoms with Crippen molar-refractivity contribution in [3.63, 3.8) is 0 Å². The molecule has 0 bridgehead atoms. The molecule has 0 aromatic heterocycles. The second-order valence-electron chi connectivity index (χ2n) is 11.2. The topological polar surface area (TPSA) is 149 Å². The summed E-state index contributed by atoms with van der Waals surface area (Å²) in [7, 11) is 0. The van der Waals surface area contributed by atoms with E-state index < -0.39 is 49.5 Å². The van der Waals surface area contributed by atoms with Crippen molar-refractivity contribution in [1.29, 1.82) is 0 Å². The van der Waals surface area contributed by atoms with Crippen molar-refractivity contribution in [2.24, 2.45) is 0 Å². The van der Waals surface area contributed by atoms with E-state index >= 15 is 0 Å². The maximum atomic E-state index is 12.7. The second kappa shape index (κ2) is 24.1. The van der Waals surface area contributed by atoms with Gasteiger partial charge in [-0.15, -0.1) is 0 Å². The number of rotatable bonds is 24. The average molecular weight is 586 g/mol. The van der Waals surface area contributed by atoms with E-state index in [-0.39, 0.29) is 12.5 Å². The molecule has 0 radical (unpaired) electrons. The lowest BCUT2D eigenvalue weighted by molar-refractivity contribution is -0.302. The lowest BCUT2D eigenvalue weighted by Crippen LogP contribution is -2.60. The van der Waals surface area contributed by atoms with Gasteiger partial charge in [0.15, 0.2) is 6.29 Å². The second-order valence-corrected chi connectivity index (χ2v) is 11.2. The van der Waals surface area contributed by atoms with Gasteiger partial charge in [0.25, 0.3) is 0 Å². The minimum atomic E-state index is -1.55. The lowest BCUT2D eigenvalue weighted by atomic mass is 9.99. The van der Waals surface area contributed by atoms with E-state index in [0.717, 1.165) is 64.2 Å². The highest BCUT2D eigenvalue weighted by molar-refractivity contribution is 5.76. The van der Waals surface area contributed by atoms with Crippen LogP contribution in [0.25, 0.3) is 0 Å². The first-order chi connectivity index (χ1) is 19.8. The molecule has 1 aliphatic heterocycles. The van der Waals surface area contributed by atoms with Gasteiger partial charge in [-0.05, 0) is 44.9 Å². The fourth-order valence-electron chi connectivity index (χ4n) is 4.83. The highest BCUT2D eigenvalue weighted by Gasteiger charge is 2.44. The van der Waals surface area contributed by atoms with E-state index in [1.54, 1.807) is 0 Å². The molecule has 0 aliphatic carbocycles. The smallest absolute Gasteiger partial charge is 0.220 e. The molecule has 0 aromatic rings. The van der Waals surface area contributed by atoms with E-state index in [2.05, 4.69) is 43.5 Å². The third kappa shape index (κ3) is 16.8. The fraction of sp³-hybridized carbons (Fsp3) is 0.844. The van der Waals surface area contributed by atoms with E-state index in [1.165, 1.54) is 25.7 Å². The predicted octanol–water partition coefficient (Wildman–Crippen LogP) is 4.04. The van der Waals surface area contributed by atoms with Crippen molar-refractivity contribution in [1.82, 2.24) is 5.32 Å². The minimum Gasteiger partial charge on any atom is -0.394 e.